The summed E-state index contributed by atoms with van der Waals surface area (Å²) in [6.45, 7) is 0. The van der Waals surface area contributed by atoms with Crippen molar-refractivity contribution in [1.82, 2.24) is 15.2 Å². The van der Waals surface area contributed by atoms with Gasteiger partial charge in [0.2, 0.25) is 5.56 Å². The Hall–Kier alpha value is -1.37. The Balaban J connectivity index is 0.00000182. The molecule has 2 bridgehead atoms. The summed E-state index contributed by atoms with van der Waals surface area (Å²) in [7, 11) is 1.86. The number of pyridine rings is 1. The van der Waals surface area contributed by atoms with Crippen LogP contribution in [0.3, 0.4) is 0 Å². The summed E-state index contributed by atoms with van der Waals surface area (Å²) in [6.07, 6.45) is 4.38. The standard InChI is InChI=1S/C18H20BrN3O2.ClH/c1-22(12-7-10-5-6-11(8-12)20-10)18(24)14-9-16(23)21-17-13(14)3-2-4-15(17)19;/h2-4,9-12,20H,5-8H2,1H3,(H,21,23);1H. The van der Waals surface area contributed by atoms with Gasteiger partial charge >= 0.3 is 0 Å². The second-order valence-electron chi connectivity index (χ2n) is 6.89. The third-order valence-corrected chi connectivity index (χ3v) is 6.03. The quantitative estimate of drug-likeness (QED) is 0.776. The van der Waals surface area contributed by atoms with E-state index >= 15 is 0 Å². The monoisotopic (exact) mass is 425 g/mol. The summed E-state index contributed by atoms with van der Waals surface area (Å²) < 4.78 is 0.786. The van der Waals surface area contributed by atoms with Gasteiger partial charge in [-0.05, 0) is 47.7 Å². The Morgan fingerprint density at radius 3 is 2.60 bits per heavy atom. The van der Waals surface area contributed by atoms with Crippen molar-refractivity contribution in [2.45, 2.75) is 43.8 Å². The highest BCUT2D eigenvalue weighted by Crippen LogP contribution is 2.31. The lowest BCUT2D eigenvalue weighted by molar-refractivity contribution is 0.0683. The molecule has 0 radical (unpaired) electrons. The fourth-order valence-electron chi connectivity index (χ4n) is 4.12. The molecule has 2 aromatic rings. The zero-order valence-corrected chi connectivity index (χ0v) is 16.3. The lowest BCUT2D eigenvalue weighted by atomic mass is 9.97. The molecule has 2 aliphatic heterocycles. The molecule has 2 aliphatic rings. The van der Waals surface area contributed by atoms with E-state index in [1.807, 2.05) is 30.1 Å². The Morgan fingerprint density at radius 2 is 1.92 bits per heavy atom. The zero-order valence-electron chi connectivity index (χ0n) is 13.9. The molecule has 2 N–H and O–H groups in total. The van der Waals surface area contributed by atoms with E-state index in [1.54, 1.807) is 0 Å². The van der Waals surface area contributed by atoms with Crippen LogP contribution in [0.2, 0.25) is 0 Å². The Kier molecular flexibility index (Phi) is 5.23. The van der Waals surface area contributed by atoms with Crippen LogP contribution < -0.4 is 10.9 Å². The minimum Gasteiger partial charge on any atom is -0.339 e. The highest BCUT2D eigenvalue weighted by Gasteiger charge is 2.36. The number of nitrogens with one attached hydrogen (secondary N) is 2. The molecule has 4 rings (SSSR count). The molecule has 2 unspecified atom stereocenters. The van der Waals surface area contributed by atoms with Crippen LogP contribution in [0.25, 0.3) is 10.9 Å². The number of rotatable bonds is 2. The van der Waals surface area contributed by atoms with E-state index in [-0.39, 0.29) is 29.9 Å². The third kappa shape index (κ3) is 3.35. The molecule has 0 saturated carbocycles. The predicted molar refractivity (Wildman–Crippen MR) is 105 cm³/mol. The largest absolute Gasteiger partial charge is 0.339 e. The van der Waals surface area contributed by atoms with E-state index in [4.69, 9.17) is 0 Å². The second kappa shape index (κ2) is 7.09. The van der Waals surface area contributed by atoms with Crippen molar-refractivity contribution in [3.05, 3.63) is 44.7 Å². The summed E-state index contributed by atoms with van der Waals surface area (Å²) in [4.78, 5) is 29.8. The fourth-order valence-corrected chi connectivity index (χ4v) is 4.59. The molecular formula is C18H21BrClN3O2. The van der Waals surface area contributed by atoms with Gasteiger partial charge in [-0.2, -0.15) is 0 Å². The molecule has 7 heteroatoms. The Morgan fingerprint density at radius 1 is 1.24 bits per heavy atom. The van der Waals surface area contributed by atoms with Gasteiger partial charge in [0.25, 0.3) is 5.91 Å². The predicted octanol–water partition coefficient (Wildman–Crippen LogP) is 3.07. The van der Waals surface area contributed by atoms with Crippen molar-refractivity contribution in [3.63, 3.8) is 0 Å². The van der Waals surface area contributed by atoms with Crippen LogP contribution in [0.5, 0.6) is 0 Å². The van der Waals surface area contributed by atoms with E-state index in [0.717, 1.165) is 22.7 Å². The molecule has 1 aromatic carbocycles. The summed E-state index contributed by atoms with van der Waals surface area (Å²) >= 11 is 3.45. The number of aromatic amines is 1. The SMILES string of the molecule is CN(C(=O)c1cc(=O)[nH]c2c(Br)cccc12)C1CC2CCC(C1)N2.Cl. The number of aromatic nitrogens is 1. The highest BCUT2D eigenvalue weighted by atomic mass is 79.9. The minimum absolute atomic E-state index is 0. The molecule has 0 spiro atoms. The number of piperidine rings is 1. The molecule has 1 aromatic heterocycles. The maximum atomic E-state index is 13.1. The van der Waals surface area contributed by atoms with E-state index in [0.29, 0.717) is 23.2 Å². The number of nitrogens with zero attached hydrogens (tertiary/aromatic N) is 1. The van der Waals surface area contributed by atoms with E-state index in [9.17, 15) is 9.59 Å². The average Bonchev–Trinajstić information content (AvgIpc) is 2.91. The summed E-state index contributed by atoms with van der Waals surface area (Å²) in [5.74, 6) is -0.0736. The minimum atomic E-state index is -0.253. The maximum absolute atomic E-state index is 13.1. The molecule has 5 nitrogen and oxygen atoms in total. The molecule has 2 fully saturated rings. The van der Waals surface area contributed by atoms with Crippen LogP contribution in [0.1, 0.15) is 36.0 Å². The first-order chi connectivity index (χ1) is 11.5. The number of hydrogen-bond acceptors (Lipinski definition) is 3. The number of fused-ring (bicyclic) bond motifs is 3. The number of para-hydroxylation sites is 1. The molecule has 0 aliphatic carbocycles. The third-order valence-electron chi connectivity index (χ3n) is 5.37. The Labute approximate surface area is 160 Å². The van der Waals surface area contributed by atoms with Crippen molar-refractivity contribution in [1.29, 1.82) is 0 Å². The van der Waals surface area contributed by atoms with Gasteiger partial charge in [0, 0.05) is 41.1 Å². The van der Waals surface area contributed by atoms with Gasteiger partial charge in [-0.25, -0.2) is 0 Å². The first-order valence-electron chi connectivity index (χ1n) is 8.37. The summed E-state index contributed by atoms with van der Waals surface area (Å²) in [5.41, 5.74) is 0.895. The van der Waals surface area contributed by atoms with Gasteiger partial charge in [-0.15, -0.1) is 12.4 Å². The highest BCUT2D eigenvalue weighted by molar-refractivity contribution is 9.10. The molecule has 1 amide bonds. The lowest BCUT2D eigenvalue weighted by Gasteiger charge is -2.35. The van der Waals surface area contributed by atoms with Gasteiger partial charge in [0.05, 0.1) is 11.1 Å². The van der Waals surface area contributed by atoms with Crippen LogP contribution in [-0.2, 0) is 0 Å². The number of hydrogen-bond donors (Lipinski definition) is 2. The van der Waals surface area contributed by atoms with Crippen LogP contribution in [-0.4, -0.2) is 41.0 Å². The molecule has 25 heavy (non-hydrogen) atoms. The number of amides is 1. The first kappa shape index (κ1) is 18.4. The van der Waals surface area contributed by atoms with Crippen molar-refractivity contribution in [3.8, 4) is 0 Å². The van der Waals surface area contributed by atoms with Crippen molar-refractivity contribution in [2.75, 3.05) is 7.05 Å². The Bertz CT molecular complexity index is 857. The molecule has 2 atom stereocenters. The van der Waals surface area contributed by atoms with Crippen LogP contribution >= 0.6 is 28.3 Å². The first-order valence-corrected chi connectivity index (χ1v) is 9.17. The van der Waals surface area contributed by atoms with Crippen molar-refractivity contribution in [2.24, 2.45) is 0 Å². The molecule has 134 valence electrons. The van der Waals surface area contributed by atoms with Gasteiger partial charge in [-0.1, -0.05) is 12.1 Å². The van der Waals surface area contributed by atoms with E-state index in [2.05, 4.69) is 26.2 Å². The number of carbonyl (C=O) groups excluding carboxylic acids is 1. The normalized spacial score (nSPS) is 24.8. The van der Waals surface area contributed by atoms with Crippen molar-refractivity contribution >= 4 is 45.1 Å². The van der Waals surface area contributed by atoms with Gasteiger partial charge < -0.3 is 15.2 Å². The van der Waals surface area contributed by atoms with E-state index < -0.39 is 0 Å². The fraction of sp³-hybridized carbons (Fsp3) is 0.444. The maximum Gasteiger partial charge on any atom is 0.254 e. The van der Waals surface area contributed by atoms with Gasteiger partial charge in [0.1, 0.15) is 0 Å². The smallest absolute Gasteiger partial charge is 0.254 e. The van der Waals surface area contributed by atoms with Crippen LogP contribution in [0.15, 0.2) is 33.5 Å². The van der Waals surface area contributed by atoms with Crippen molar-refractivity contribution < 1.29 is 4.79 Å². The number of H-pyrrole nitrogens is 1. The van der Waals surface area contributed by atoms with Crippen LogP contribution in [0.4, 0.5) is 0 Å². The zero-order chi connectivity index (χ0) is 16.8. The average molecular weight is 427 g/mol. The van der Waals surface area contributed by atoms with Gasteiger partial charge in [0.15, 0.2) is 0 Å². The molecule has 3 heterocycles. The molecular weight excluding hydrogens is 406 g/mol. The number of benzene rings is 1. The van der Waals surface area contributed by atoms with E-state index in [1.165, 1.54) is 18.9 Å². The summed E-state index contributed by atoms with van der Waals surface area (Å²) in [6, 6.07) is 8.32. The van der Waals surface area contributed by atoms with Crippen LogP contribution in [0, 0.1) is 0 Å². The number of halogens is 2. The topological polar surface area (TPSA) is 65.2 Å². The molecule has 2 saturated heterocycles. The number of carbonyl (C=O) groups is 1. The lowest BCUT2D eigenvalue weighted by Crippen LogP contribution is -2.48. The summed E-state index contributed by atoms with van der Waals surface area (Å²) in [5, 5.41) is 4.38. The second-order valence-corrected chi connectivity index (χ2v) is 7.74. The van der Waals surface area contributed by atoms with Gasteiger partial charge in [-0.3, -0.25) is 9.59 Å².